The van der Waals surface area contributed by atoms with Gasteiger partial charge in [-0.2, -0.15) is 0 Å². The third-order valence-corrected chi connectivity index (χ3v) is 7.86. The van der Waals surface area contributed by atoms with E-state index in [0.29, 0.717) is 28.7 Å². The summed E-state index contributed by atoms with van der Waals surface area (Å²) in [5.74, 6) is 0.574. The average molecular weight is 494 g/mol. The van der Waals surface area contributed by atoms with Crippen molar-refractivity contribution in [2.45, 2.75) is 31.6 Å². The molecular formula is C23H28BrNO4S. The maximum absolute atomic E-state index is 13.0. The van der Waals surface area contributed by atoms with Crippen LogP contribution in [0.3, 0.4) is 0 Å². The zero-order valence-electron chi connectivity index (χ0n) is 17.4. The Labute approximate surface area is 187 Å². The van der Waals surface area contributed by atoms with E-state index in [0.717, 1.165) is 47.1 Å². The van der Waals surface area contributed by atoms with Gasteiger partial charge in [-0.3, -0.25) is 0 Å². The fourth-order valence-electron chi connectivity index (χ4n) is 3.68. The lowest BCUT2D eigenvalue weighted by Crippen LogP contribution is -2.27. The normalized spacial score (nSPS) is 15.0. The molecule has 0 amide bonds. The maximum atomic E-state index is 13.0. The van der Waals surface area contributed by atoms with Gasteiger partial charge in [0.1, 0.15) is 5.75 Å². The number of ether oxygens (including phenoxy) is 1. The molecule has 1 N–H and O–H groups in total. The molecule has 0 atom stereocenters. The zero-order chi connectivity index (χ0) is 21.7. The monoisotopic (exact) mass is 493 g/mol. The SMILES string of the molecule is CCN(CCO)CCCCOc1ccc2c(c1)S(=O)(=O)C(C)=C2c1ccc(Br)cc1. The molecule has 0 radical (unpaired) electrons. The van der Waals surface area contributed by atoms with E-state index in [2.05, 4.69) is 27.8 Å². The lowest BCUT2D eigenvalue weighted by molar-refractivity contribution is 0.195. The van der Waals surface area contributed by atoms with Gasteiger partial charge in [-0.15, -0.1) is 0 Å². The van der Waals surface area contributed by atoms with Crippen LogP contribution in [0.25, 0.3) is 5.57 Å². The van der Waals surface area contributed by atoms with Gasteiger partial charge in [0.2, 0.25) is 9.84 Å². The molecule has 3 rings (SSSR count). The van der Waals surface area contributed by atoms with E-state index < -0.39 is 9.84 Å². The molecule has 30 heavy (non-hydrogen) atoms. The number of benzene rings is 2. The Balaban J connectivity index is 1.69. The molecule has 0 saturated carbocycles. The fraction of sp³-hybridized carbons (Fsp3) is 0.391. The second-order valence-corrected chi connectivity index (χ2v) is 10.3. The predicted octanol–water partition coefficient (Wildman–Crippen LogP) is 4.49. The Morgan fingerprint density at radius 3 is 2.47 bits per heavy atom. The second-order valence-electron chi connectivity index (χ2n) is 7.31. The quantitative estimate of drug-likeness (QED) is 0.493. The number of halogens is 1. The summed E-state index contributed by atoms with van der Waals surface area (Å²) < 4.78 is 32.8. The van der Waals surface area contributed by atoms with Crippen LogP contribution in [0.2, 0.25) is 0 Å². The van der Waals surface area contributed by atoms with Crippen LogP contribution in [-0.4, -0.2) is 51.3 Å². The number of nitrogens with zero attached hydrogens (tertiary/aromatic N) is 1. The smallest absolute Gasteiger partial charge is 0.203 e. The largest absolute Gasteiger partial charge is 0.494 e. The number of hydrogen-bond acceptors (Lipinski definition) is 5. The molecule has 162 valence electrons. The molecule has 1 aliphatic heterocycles. The summed E-state index contributed by atoms with van der Waals surface area (Å²) in [6.07, 6.45) is 1.83. The van der Waals surface area contributed by atoms with Gasteiger partial charge in [0.05, 0.1) is 23.0 Å². The number of fused-ring (bicyclic) bond motifs is 1. The Bertz CT molecular complexity index is 1020. The topological polar surface area (TPSA) is 66.8 Å². The highest BCUT2D eigenvalue weighted by Gasteiger charge is 2.33. The fourth-order valence-corrected chi connectivity index (χ4v) is 5.50. The van der Waals surface area contributed by atoms with Crippen LogP contribution >= 0.6 is 15.9 Å². The van der Waals surface area contributed by atoms with E-state index in [1.165, 1.54) is 0 Å². The average Bonchev–Trinajstić information content (AvgIpc) is 2.93. The van der Waals surface area contributed by atoms with Crippen LogP contribution in [0.1, 0.15) is 37.8 Å². The van der Waals surface area contributed by atoms with E-state index in [9.17, 15) is 8.42 Å². The van der Waals surface area contributed by atoms with Gasteiger partial charge >= 0.3 is 0 Å². The summed E-state index contributed by atoms with van der Waals surface area (Å²) in [6.45, 7) is 6.96. The van der Waals surface area contributed by atoms with E-state index in [1.54, 1.807) is 13.0 Å². The summed E-state index contributed by atoms with van der Waals surface area (Å²) in [5.41, 5.74) is 2.37. The van der Waals surface area contributed by atoms with Crippen molar-refractivity contribution in [3.8, 4) is 5.75 Å². The minimum atomic E-state index is -3.51. The molecule has 2 aromatic carbocycles. The number of hydrogen-bond donors (Lipinski definition) is 1. The lowest BCUT2D eigenvalue weighted by Gasteiger charge is -2.18. The van der Waals surface area contributed by atoms with Gasteiger partial charge in [-0.25, -0.2) is 8.42 Å². The van der Waals surface area contributed by atoms with E-state index in [1.807, 2.05) is 36.4 Å². The van der Waals surface area contributed by atoms with Gasteiger partial charge in [-0.05, 0) is 68.8 Å². The zero-order valence-corrected chi connectivity index (χ0v) is 19.8. The minimum absolute atomic E-state index is 0.170. The van der Waals surface area contributed by atoms with Crippen molar-refractivity contribution in [2.75, 3.05) is 32.8 Å². The van der Waals surface area contributed by atoms with E-state index >= 15 is 0 Å². The molecule has 0 bridgehead atoms. The highest BCUT2D eigenvalue weighted by molar-refractivity contribution is 9.10. The molecule has 2 aromatic rings. The van der Waals surface area contributed by atoms with Crippen molar-refractivity contribution < 1.29 is 18.3 Å². The number of allylic oxidation sites excluding steroid dienone is 1. The highest BCUT2D eigenvalue weighted by Crippen LogP contribution is 2.43. The lowest BCUT2D eigenvalue weighted by atomic mass is 9.98. The standard InChI is InChI=1S/C23H28BrNO4S/c1-3-25(13-14-26)12-4-5-15-29-20-10-11-21-22(16-20)30(27,28)17(2)23(21)18-6-8-19(24)9-7-18/h6-11,16,26H,3-5,12-15H2,1-2H3. The van der Waals surface area contributed by atoms with Gasteiger partial charge in [0, 0.05) is 22.2 Å². The molecule has 0 fully saturated rings. The van der Waals surface area contributed by atoms with E-state index in [4.69, 9.17) is 9.84 Å². The Morgan fingerprint density at radius 1 is 1.07 bits per heavy atom. The molecule has 7 heteroatoms. The van der Waals surface area contributed by atoms with Crippen LogP contribution < -0.4 is 4.74 Å². The third-order valence-electron chi connectivity index (χ3n) is 5.40. The number of rotatable bonds is 10. The first-order valence-corrected chi connectivity index (χ1v) is 12.5. The molecule has 5 nitrogen and oxygen atoms in total. The number of aliphatic hydroxyl groups excluding tert-OH is 1. The molecular weight excluding hydrogens is 466 g/mol. The number of sulfone groups is 1. The van der Waals surface area contributed by atoms with Crippen LogP contribution in [0.5, 0.6) is 5.75 Å². The highest BCUT2D eigenvalue weighted by atomic mass is 79.9. The van der Waals surface area contributed by atoms with Crippen molar-refractivity contribution >= 4 is 31.3 Å². The molecule has 0 spiro atoms. The summed E-state index contributed by atoms with van der Waals surface area (Å²) in [7, 11) is -3.51. The van der Waals surface area contributed by atoms with Crippen LogP contribution in [0.4, 0.5) is 0 Å². The molecule has 1 aliphatic rings. The predicted molar refractivity (Wildman–Crippen MR) is 123 cm³/mol. The number of unbranched alkanes of at least 4 members (excludes halogenated alkanes) is 1. The molecule has 1 heterocycles. The van der Waals surface area contributed by atoms with Crippen LogP contribution in [-0.2, 0) is 9.84 Å². The van der Waals surface area contributed by atoms with Gasteiger partial charge < -0.3 is 14.7 Å². The molecule has 0 aliphatic carbocycles. The van der Waals surface area contributed by atoms with Crippen LogP contribution in [0.15, 0.2) is 56.7 Å². The first-order valence-electron chi connectivity index (χ1n) is 10.2. The Kier molecular flexibility index (Phi) is 7.74. The second kappa shape index (κ2) is 10.1. The number of likely N-dealkylation sites (N-methyl/N-ethyl adjacent to an activating group) is 1. The van der Waals surface area contributed by atoms with Gasteiger partial charge in [-0.1, -0.05) is 35.0 Å². The molecule has 0 saturated heterocycles. The first kappa shape index (κ1) is 23.0. The van der Waals surface area contributed by atoms with Crippen molar-refractivity contribution in [3.05, 3.63) is 63.0 Å². The van der Waals surface area contributed by atoms with Crippen LogP contribution in [0, 0.1) is 0 Å². The van der Waals surface area contributed by atoms with Gasteiger partial charge in [0.15, 0.2) is 0 Å². The third kappa shape index (κ3) is 4.97. The summed E-state index contributed by atoms with van der Waals surface area (Å²) >= 11 is 3.42. The van der Waals surface area contributed by atoms with E-state index in [-0.39, 0.29) is 6.61 Å². The van der Waals surface area contributed by atoms with Gasteiger partial charge in [0.25, 0.3) is 0 Å². The minimum Gasteiger partial charge on any atom is -0.494 e. The van der Waals surface area contributed by atoms with Crippen molar-refractivity contribution in [2.24, 2.45) is 0 Å². The van der Waals surface area contributed by atoms with Crippen molar-refractivity contribution in [1.82, 2.24) is 4.90 Å². The summed E-state index contributed by atoms with van der Waals surface area (Å²) in [4.78, 5) is 2.89. The summed E-state index contributed by atoms with van der Waals surface area (Å²) in [6, 6.07) is 13.0. The van der Waals surface area contributed by atoms with Crippen molar-refractivity contribution in [3.63, 3.8) is 0 Å². The van der Waals surface area contributed by atoms with Crippen molar-refractivity contribution in [1.29, 1.82) is 0 Å². The number of aliphatic hydroxyl groups is 1. The first-order chi connectivity index (χ1) is 14.4. The Morgan fingerprint density at radius 2 is 1.80 bits per heavy atom. The summed E-state index contributed by atoms with van der Waals surface area (Å²) in [5, 5.41) is 9.04. The maximum Gasteiger partial charge on any atom is 0.203 e. The molecule has 0 aromatic heterocycles. The molecule has 0 unspecified atom stereocenters. The Hall–Kier alpha value is -1.67.